The zero-order valence-electron chi connectivity index (χ0n) is 14.4. The predicted octanol–water partition coefficient (Wildman–Crippen LogP) is 2.17. The summed E-state index contributed by atoms with van der Waals surface area (Å²) in [6.45, 7) is 1.50. The van der Waals surface area contributed by atoms with Gasteiger partial charge in [0.2, 0.25) is 0 Å². The number of nitro groups is 1. The average molecular weight is 393 g/mol. The summed E-state index contributed by atoms with van der Waals surface area (Å²) in [6, 6.07) is 7.30. The Morgan fingerprint density at radius 2 is 2.07 bits per heavy atom. The van der Waals surface area contributed by atoms with E-state index in [4.69, 9.17) is 21.1 Å². The highest BCUT2D eigenvalue weighted by atomic mass is 35.5. The number of aryl methyl sites for hydroxylation is 1. The number of carbonyl (C=O) groups excluding carboxylic acids is 1. The monoisotopic (exact) mass is 392 g/mol. The van der Waals surface area contributed by atoms with E-state index in [2.05, 4.69) is 10.5 Å². The summed E-state index contributed by atoms with van der Waals surface area (Å²) in [7, 11) is 1.22. The largest absolute Gasteiger partial charge is 0.865 e. The Morgan fingerprint density at radius 1 is 1.33 bits per heavy atom. The number of nitrogens with one attached hydrogen (secondary N) is 1. The molecule has 0 bridgehead atoms. The number of hydrogen-bond acceptors (Lipinski definition) is 7. The van der Waals surface area contributed by atoms with E-state index in [0.717, 1.165) is 17.8 Å². The second kappa shape index (κ2) is 8.86. The van der Waals surface area contributed by atoms with Crippen LogP contribution in [-0.4, -0.2) is 30.8 Å². The Hall–Kier alpha value is -3.33. The summed E-state index contributed by atoms with van der Waals surface area (Å²) < 4.78 is 10.2. The quantitative estimate of drug-likeness (QED) is 0.437. The van der Waals surface area contributed by atoms with Crippen molar-refractivity contribution >= 4 is 29.4 Å². The van der Waals surface area contributed by atoms with Gasteiger partial charge in [0.15, 0.2) is 6.61 Å². The molecule has 0 aliphatic heterocycles. The van der Waals surface area contributed by atoms with Crippen molar-refractivity contribution in [2.24, 2.45) is 5.10 Å². The van der Waals surface area contributed by atoms with Gasteiger partial charge in [0.05, 0.1) is 18.2 Å². The number of ether oxygens (including phenoxy) is 2. The Labute approximate surface area is 159 Å². The Morgan fingerprint density at radius 3 is 2.70 bits per heavy atom. The summed E-state index contributed by atoms with van der Waals surface area (Å²) in [5, 5.41) is 26.9. The minimum atomic E-state index is -0.838. The van der Waals surface area contributed by atoms with Crippen LogP contribution in [0.1, 0.15) is 11.1 Å². The molecule has 0 heterocycles. The van der Waals surface area contributed by atoms with Crippen LogP contribution in [0.2, 0.25) is 5.02 Å². The number of nitro benzene ring substituents is 1. The molecule has 1 amide bonds. The van der Waals surface area contributed by atoms with Gasteiger partial charge >= 0.3 is 0 Å². The number of hydrazone groups is 1. The van der Waals surface area contributed by atoms with Gasteiger partial charge in [-0.05, 0) is 36.8 Å². The van der Waals surface area contributed by atoms with Crippen LogP contribution in [0, 0.1) is 17.0 Å². The topological polar surface area (TPSA) is 126 Å². The molecule has 1 N–H and O–H groups in total. The van der Waals surface area contributed by atoms with Crippen molar-refractivity contribution in [3.63, 3.8) is 0 Å². The molecule has 2 aromatic rings. The molecule has 0 unspecified atom stereocenters. The van der Waals surface area contributed by atoms with Crippen LogP contribution in [-0.2, 0) is 4.79 Å². The van der Waals surface area contributed by atoms with Gasteiger partial charge in [0.1, 0.15) is 11.5 Å². The van der Waals surface area contributed by atoms with E-state index in [9.17, 15) is 20.0 Å². The van der Waals surface area contributed by atoms with Gasteiger partial charge < -0.3 is 14.6 Å². The van der Waals surface area contributed by atoms with Crippen LogP contribution in [0.25, 0.3) is 0 Å². The molecule has 2 rings (SSSR count). The summed E-state index contributed by atoms with van der Waals surface area (Å²) in [6.07, 6.45) is 1.15. The van der Waals surface area contributed by atoms with E-state index >= 15 is 0 Å². The summed E-state index contributed by atoms with van der Waals surface area (Å²) in [5.41, 5.74) is 2.56. The summed E-state index contributed by atoms with van der Waals surface area (Å²) in [4.78, 5) is 21.9. The van der Waals surface area contributed by atoms with E-state index in [1.807, 2.05) is 0 Å². The number of amides is 1. The fourth-order valence-corrected chi connectivity index (χ4v) is 2.33. The maximum atomic E-state index is 11.8. The maximum absolute atomic E-state index is 11.8. The fourth-order valence-electron chi connectivity index (χ4n) is 2.10. The molecule has 0 saturated heterocycles. The number of nitrogens with zero attached hydrogens (tertiary/aromatic N) is 2. The van der Waals surface area contributed by atoms with Crippen molar-refractivity contribution in [2.45, 2.75) is 6.92 Å². The number of methoxy groups -OCH3 is 1. The highest BCUT2D eigenvalue weighted by Crippen LogP contribution is 2.33. The summed E-state index contributed by atoms with van der Waals surface area (Å²) >= 11 is 5.84. The molecular formula is C17H15ClN3O6-. The number of halogens is 1. The number of carbonyl (C=O) groups is 1. The second-order valence-corrected chi connectivity index (χ2v) is 5.76. The third kappa shape index (κ3) is 5.32. The molecule has 0 atom stereocenters. The molecule has 0 aliphatic rings. The molecule has 2 aromatic carbocycles. The third-order valence-electron chi connectivity index (χ3n) is 3.37. The van der Waals surface area contributed by atoms with Crippen molar-refractivity contribution < 1.29 is 24.3 Å². The lowest BCUT2D eigenvalue weighted by Gasteiger charge is -2.13. The minimum Gasteiger partial charge on any atom is -0.865 e. The first kappa shape index (κ1) is 20.0. The molecule has 10 heteroatoms. The van der Waals surface area contributed by atoms with E-state index < -0.39 is 22.3 Å². The Balaban J connectivity index is 1.99. The van der Waals surface area contributed by atoms with Gasteiger partial charge in [-0.1, -0.05) is 11.6 Å². The third-order valence-corrected chi connectivity index (χ3v) is 3.61. The molecule has 0 fully saturated rings. The van der Waals surface area contributed by atoms with Crippen molar-refractivity contribution in [3.8, 4) is 17.2 Å². The van der Waals surface area contributed by atoms with Gasteiger partial charge in [-0.25, -0.2) is 5.43 Å². The van der Waals surface area contributed by atoms with Gasteiger partial charge in [-0.15, -0.1) is 0 Å². The number of rotatable bonds is 7. The molecule has 0 spiro atoms. The van der Waals surface area contributed by atoms with Gasteiger partial charge in [0.25, 0.3) is 11.6 Å². The van der Waals surface area contributed by atoms with Crippen LogP contribution in [0.15, 0.2) is 35.4 Å². The first-order chi connectivity index (χ1) is 12.8. The lowest BCUT2D eigenvalue weighted by molar-refractivity contribution is -0.398. The first-order valence-corrected chi connectivity index (χ1v) is 7.94. The zero-order chi connectivity index (χ0) is 20.0. The summed E-state index contributed by atoms with van der Waals surface area (Å²) in [5.74, 6) is -1.07. The number of hydrogen-bond donors (Lipinski definition) is 1. The zero-order valence-corrected chi connectivity index (χ0v) is 15.1. The molecule has 0 aliphatic carbocycles. The van der Waals surface area contributed by atoms with Gasteiger partial charge in [-0.3, -0.25) is 14.9 Å². The van der Waals surface area contributed by atoms with Crippen LogP contribution in [0.3, 0.4) is 0 Å². The van der Waals surface area contributed by atoms with Crippen molar-refractivity contribution in [2.75, 3.05) is 13.7 Å². The standard InChI is InChI=1S/C17H16ClN3O6/c1-10-5-12(18)3-4-14(10)27-9-16(22)20-19-8-11-6-13(21(24)25)17(23)15(7-11)26-2/h3-8,23H,9H2,1-2H3,(H,20,22)/p-1/b19-8-. The predicted molar refractivity (Wildman–Crippen MR) is 96.5 cm³/mol. The fraction of sp³-hybridized carbons (Fsp3) is 0.176. The van der Waals surface area contributed by atoms with Crippen molar-refractivity contribution in [1.82, 2.24) is 5.43 Å². The van der Waals surface area contributed by atoms with E-state index in [1.54, 1.807) is 25.1 Å². The van der Waals surface area contributed by atoms with Gasteiger partial charge in [0, 0.05) is 22.4 Å². The second-order valence-electron chi connectivity index (χ2n) is 5.32. The minimum absolute atomic E-state index is 0.196. The highest BCUT2D eigenvalue weighted by Gasteiger charge is 2.13. The molecular weight excluding hydrogens is 378 g/mol. The molecule has 0 aromatic heterocycles. The lowest BCUT2D eigenvalue weighted by atomic mass is 10.2. The Bertz CT molecular complexity index is 900. The average Bonchev–Trinajstić information content (AvgIpc) is 2.61. The highest BCUT2D eigenvalue weighted by molar-refractivity contribution is 6.30. The molecule has 0 radical (unpaired) electrons. The van der Waals surface area contributed by atoms with Crippen LogP contribution >= 0.6 is 11.6 Å². The van der Waals surface area contributed by atoms with Crippen LogP contribution in [0.4, 0.5) is 5.69 Å². The lowest BCUT2D eigenvalue weighted by Crippen LogP contribution is -2.24. The van der Waals surface area contributed by atoms with Crippen LogP contribution < -0.4 is 20.0 Å². The maximum Gasteiger partial charge on any atom is 0.277 e. The molecule has 27 heavy (non-hydrogen) atoms. The van der Waals surface area contributed by atoms with Crippen molar-refractivity contribution in [3.05, 3.63) is 56.6 Å². The van der Waals surface area contributed by atoms with E-state index in [1.165, 1.54) is 13.2 Å². The first-order valence-electron chi connectivity index (χ1n) is 7.56. The number of benzene rings is 2. The molecule has 142 valence electrons. The smallest absolute Gasteiger partial charge is 0.277 e. The van der Waals surface area contributed by atoms with E-state index in [0.29, 0.717) is 10.8 Å². The van der Waals surface area contributed by atoms with Gasteiger partial charge in [-0.2, -0.15) is 5.10 Å². The molecule has 0 saturated carbocycles. The van der Waals surface area contributed by atoms with Crippen LogP contribution in [0.5, 0.6) is 17.2 Å². The normalized spacial score (nSPS) is 10.6. The SMILES string of the molecule is COc1cc(/C=N\NC(=O)COc2ccc(Cl)cc2C)cc([N+](=O)[O-])c1[O-]. The molecule has 9 nitrogen and oxygen atoms in total. The Kier molecular flexibility index (Phi) is 6.56. The van der Waals surface area contributed by atoms with Crippen molar-refractivity contribution in [1.29, 1.82) is 0 Å². The van der Waals surface area contributed by atoms with E-state index in [-0.39, 0.29) is 17.9 Å².